The molecular weight excluding hydrogens is 248 g/mol. The largest absolute Gasteiger partial charge is 0.368 e. The van der Waals surface area contributed by atoms with Gasteiger partial charge in [0.15, 0.2) is 0 Å². The zero-order valence-corrected chi connectivity index (χ0v) is 11.0. The molecule has 0 saturated heterocycles. The van der Waals surface area contributed by atoms with Crippen LogP contribution in [0.1, 0.15) is 32.1 Å². The van der Waals surface area contributed by atoms with E-state index in [9.17, 15) is 14.4 Å². The second-order valence-electron chi connectivity index (χ2n) is 5.17. The summed E-state index contributed by atoms with van der Waals surface area (Å²) in [6.07, 6.45) is 3.92. The molecule has 7 heteroatoms. The van der Waals surface area contributed by atoms with Crippen LogP contribution in [-0.4, -0.2) is 41.8 Å². The van der Waals surface area contributed by atoms with Crippen molar-refractivity contribution in [1.29, 1.82) is 0 Å². The third kappa shape index (κ3) is 5.69. The van der Waals surface area contributed by atoms with E-state index in [1.165, 1.54) is 0 Å². The molecular formula is C12H22N4O3. The van der Waals surface area contributed by atoms with E-state index in [1.54, 1.807) is 0 Å². The third-order valence-electron chi connectivity index (χ3n) is 3.40. The Morgan fingerprint density at radius 1 is 0.947 bits per heavy atom. The van der Waals surface area contributed by atoms with Gasteiger partial charge in [-0.15, -0.1) is 0 Å². The predicted molar refractivity (Wildman–Crippen MR) is 69.5 cm³/mol. The molecule has 1 aliphatic carbocycles. The highest BCUT2D eigenvalue weighted by molar-refractivity contribution is 5.88. The Labute approximate surface area is 112 Å². The molecule has 108 valence electrons. The van der Waals surface area contributed by atoms with Crippen LogP contribution in [0.2, 0.25) is 0 Å². The number of carbonyl (C=O) groups is 3. The summed E-state index contributed by atoms with van der Waals surface area (Å²) in [6.45, 7) is -0.540. The maximum atomic E-state index is 12.0. The normalized spacial score (nSPS) is 22.8. The molecule has 6 N–H and O–H groups in total. The second kappa shape index (κ2) is 7.08. The van der Waals surface area contributed by atoms with Crippen LogP contribution < -0.4 is 17.2 Å². The lowest BCUT2D eigenvalue weighted by Gasteiger charge is -2.27. The summed E-state index contributed by atoms with van der Waals surface area (Å²) in [4.78, 5) is 34.9. The van der Waals surface area contributed by atoms with Crippen LogP contribution in [0.25, 0.3) is 0 Å². The molecule has 0 heterocycles. The number of primary amides is 2. The number of hydrogen-bond donors (Lipinski definition) is 3. The number of hydrogen-bond acceptors (Lipinski definition) is 4. The van der Waals surface area contributed by atoms with Crippen LogP contribution in [0.4, 0.5) is 0 Å². The summed E-state index contributed by atoms with van der Waals surface area (Å²) in [5.74, 6) is -1.30. The van der Waals surface area contributed by atoms with Gasteiger partial charge < -0.3 is 22.1 Å². The van der Waals surface area contributed by atoms with Gasteiger partial charge in [0.1, 0.15) is 0 Å². The van der Waals surface area contributed by atoms with Gasteiger partial charge in [0.25, 0.3) is 0 Å². The molecule has 19 heavy (non-hydrogen) atoms. The molecule has 0 aromatic heterocycles. The van der Waals surface area contributed by atoms with E-state index in [2.05, 4.69) is 0 Å². The highest BCUT2D eigenvalue weighted by Gasteiger charge is 2.24. The number of amides is 3. The first-order valence-corrected chi connectivity index (χ1v) is 6.48. The van der Waals surface area contributed by atoms with Gasteiger partial charge >= 0.3 is 0 Å². The van der Waals surface area contributed by atoms with E-state index in [0.717, 1.165) is 30.6 Å². The summed E-state index contributed by atoms with van der Waals surface area (Å²) < 4.78 is 0. The van der Waals surface area contributed by atoms with Crippen molar-refractivity contribution in [3.05, 3.63) is 0 Å². The lowest BCUT2D eigenvalue weighted by molar-refractivity contribution is -0.139. The van der Waals surface area contributed by atoms with Crippen LogP contribution in [0, 0.1) is 5.92 Å². The van der Waals surface area contributed by atoms with Crippen molar-refractivity contribution in [2.24, 2.45) is 23.1 Å². The summed E-state index contributed by atoms with van der Waals surface area (Å²) in [5, 5.41) is 0. The standard InChI is InChI=1S/C12H22N4O3/c13-9-3-1-8(2-4-9)5-12(19)16(6-10(14)17)7-11(15)18/h8-9H,1-7,13H2,(H2,14,17)(H2,15,18). The molecule has 3 amide bonds. The van der Waals surface area contributed by atoms with Crippen molar-refractivity contribution in [2.45, 2.75) is 38.1 Å². The molecule has 0 spiro atoms. The van der Waals surface area contributed by atoms with Gasteiger partial charge in [0.05, 0.1) is 13.1 Å². The van der Waals surface area contributed by atoms with E-state index in [0.29, 0.717) is 6.42 Å². The topological polar surface area (TPSA) is 133 Å². The molecule has 0 atom stereocenters. The highest BCUT2D eigenvalue weighted by atomic mass is 16.2. The molecule has 1 aliphatic rings. The van der Waals surface area contributed by atoms with Crippen LogP contribution in [0.5, 0.6) is 0 Å². The van der Waals surface area contributed by atoms with E-state index < -0.39 is 11.8 Å². The van der Waals surface area contributed by atoms with E-state index >= 15 is 0 Å². The molecule has 7 nitrogen and oxygen atoms in total. The van der Waals surface area contributed by atoms with Crippen LogP contribution >= 0.6 is 0 Å². The van der Waals surface area contributed by atoms with Crippen molar-refractivity contribution in [3.63, 3.8) is 0 Å². The fourth-order valence-corrected chi connectivity index (χ4v) is 2.38. The number of nitrogens with two attached hydrogens (primary N) is 3. The molecule has 1 fully saturated rings. The highest BCUT2D eigenvalue weighted by Crippen LogP contribution is 2.26. The Hall–Kier alpha value is -1.63. The zero-order chi connectivity index (χ0) is 14.4. The first kappa shape index (κ1) is 15.4. The Bertz CT molecular complexity index is 335. The molecule has 0 bridgehead atoms. The molecule has 0 aromatic rings. The summed E-state index contributed by atoms with van der Waals surface area (Å²) in [6, 6.07) is 0.221. The van der Waals surface area contributed by atoms with Crippen LogP contribution in [0.15, 0.2) is 0 Å². The van der Waals surface area contributed by atoms with Gasteiger partial charge in [-0.3, -0.25) is 14.4 Å². The fourth-order valence-electron chi connectivity index (χ4n) is 2.38. The van der Waals surface area contributed by atoms with Crippen molar-refractivity contribution < 1.29 is 14.4 Å². The van der Waals surface area contributed by atoms with Gasteiger partial charge in [-0.05, 0) is 31.6 Å². The monoisotopic (exact) mass is 270 g/mol. The van der Waals surface area contributed by atoms with Crippen LogP contribution in [-0.2, 0) is 14.4 Å². The average molecular weight is 270 g/mol. The lowest BCUT2D eigenvalue weighted by Crippen LogP contribution is -2.44. The summed E-state index contributed by atoms with van der Waals surface area (Å²) >= 11 is 0. The number of rotatable bonds is 6. The zero-order valence-electron chi connectivity index (χ0n) is 11.0. The second-order valence-corrected chi connectivity index (χ2v) is 5.17. The Morgan fingerprint density at radius 2 is 1.42 bits per heavy atom. The van der Waals surface area contributed by atoms with E-state index in [-0.39, 0.29) is 31.0 Å². The Morgan fingerprint density at radius 3 is 1.84 bits per heavy atom. The smallest absolute Gasteiger partial charge is 0.237 e. The first-order chi connectivity index (χ1) is 8.88. The minimum atomic E-state index is -0.653. The van der Waals surface area contributed by atoms with Crippen molar-refractivity contribution in [3.8, 4) is 0 Å². The molecule has 0 unspecified atom stereocenters. The molecule has 1 saturated carbocycles. The van der Waals surface area contributed by atoms with Gasteiger partial charge in [0.2, 0.25) is 17.7 Å². The van der Waals surface area contributed by atoms with E-state index in [4.69, 9.17) is 17.2 Å². The van der Waals surface area contributed by atoms with Gasteiger partial charge in [-0.25, -0.2) is 0 Å². The first-order valence-electron chi connectivity index (χ1n) is 6.48. The quantitative estimate of drug-likeness (QED) is 0.552. The summed E-state index contributed by atoms with van der Waals surface area (Å²) in [7, 11) is 0. The molecule has 1 rings (SSSR count). The SMILES string of the molecule is NC(=O)CN(CC(N)=O)C(=O)CC1CCC(N)CC1. The van der Waals surface area contributed by atoms with E-state index in [1.807, 2.05) is 0 Å². The van der Waals surface area contributed by atoms with Gasteiger partial charge in [-0.2, -0.15) is 0 Å². The minimum Gasteiger partial charge on any atom is -0.368 e. The van der Waals surface area contributed by atoms with Gasteiger partial charge in [0, 0.05) is 12.5 Å². The predicted octanol–water partition coefficient (Wildman–Crippen LogP) is -1.31. The molecule has 0 aliphatic heterocycles. The third-order valence-corrected chi connectivity index (χ3v) is 3.40. The average Bonchev–Trinajstić information content (AvgIpc) is 2.30. The van der Waals surface area contributed by atoms with Crippen molar-refractivity contribution >= 4 is 17.7 Å². The Kier molecular flexibility index (Phi) is 5.75. The van der Waals surface area contributed by atoms with Gasteiger partial charge in [-0.1, -0.05) is 0 Å². The van der Waals surface area contributed by atoms with Crippen molar-refractivity contribution in [1.82, 2.24) is 4.90 Å². The fraction of sp³-hybridized carbons (Fsp3) is 0.750. The van der Waals surface area contributed by atoms with Crippen LogP contribution in [0.3, 0.4) is 0 Å². The maximum absolute atomic E-state index is 12.0. The molecule has 0 aromatic carbocycles. The van der Waals surface area contributed by atoms with Crippen molar-refractivity contribution in [2.75, 3.05) is 13.1 Å². The lowest BCUT2D eigenvalue weighted by atomic mass is 9.84. The minimum absolute atomic E-state index is 0.221. The number of nitrogens with zero attached hydrogens (tertiary/aromatic N) is 1. The summed E-state index contributed by atoms with van der Waals surface area (Å²) in [5.41, 5.74) is 15.9. The molecule has 0 radical (unpaired) electrons. The maximum Gasteiger partial charge on any atom is 0.237 e. The number of carbonyl (C=O) groups excluding carboxylic acids is 3. The Balaban J connectivity index is 2.51.